The highest BCUT2D eigenvalue weighted by Gasteiger charge is 2.27. The Balaban J connectivity index is 1.71. The summed E-state index contributed by atoms with van der Waals surface area (Å²) in [6.07, 6.45) is 0. The summed E-state index contributed by atoms with van der Waals surface area (Å²) in [7, 11) is -2.39. The van der Waals surface area contributed by atoms with Crippen LogP contribution in [-0.2, 0) is 14.8 Å². The molecule has 0 spiro atoms. The van der Waals surface area contributed by atoms with Crippen molar-refractivity contribution in [2.75, 3.05) is 31.1 Å². The molecule has 0 bridgehead atoms. The molecular formula is C26H30N2O5S. The molecule has 3 aromatic rings. The number of hydrogen-bond donors (Lipinski definition) is 1. The fourth-order valence-electron chi connectivity index (χ4n) is 3.34. The summed E-state index contributed by atoms with van der Waals surface area (Å²) in [5.74, 6) is 1.03. The number of ether oxygens (including phenoxy) is 2. The molecule has 1 N–H and O–H groups in total. The Morgan fingerprint density at radius 2 is 1.53 bits per heavy atom. The minimum absolute atomic E-state index is 0.121. The third-order valence-electron chi connectivity index (χ3n) is 5.22. The average Bonchev–Trinajstić information content (AvgIpc) is 2.86. The minimum atomic E-state index is -3.94. The topological polar surface area (TPSA) is 84.9 Å². The number of carbonyl (C=O) groups is 1. The first-order valence-electron chi connectivity index (χ1n) is 11.0. The molecule has 3 rings (SSSR count). The van der Waals surface area contributed by atoms with Crippen LogP contribution in [0.5, 0.6) is 11.5 Å². The van der Waals surface area contributed by atoms with Crippen molar-refractivity contribution in [2.24, 2.45) is 0 Å². The van der Waals surface area contributed by atoms with E-state index in [0.29, 0.717) is 23.1 Å². The van der Waals surface area contributed by atoms with Crippen LogP contribution in [-0.4, -0.2) is 41.1 Å². The molecule has 0 saturated carbocycles. The molecule has 180 valence electrons. The van der Waals surface area contributed by atoms with E-state index < -0.39 is 15.9 Å². The van der Waals surface area contributed by atoms with Gasteiger partial charge in [-0.25, -0.2) is 8.42 Å². The van der Waals surface area contributed by atoms with Crippen molar-refractivity contribution in [3.63, 3.8) is 0 Å². The maximum atomic E-state index is 13.4. The van der Waals surface area contributed by atoms with E-state index in [1.807, 2.05) is 24.3 Å². The highest BCUT2D eigenvalue weighted by atomic mass is 32.2. The lowest BCUT2D eigenvalue weighted by Gasteiger charge is -2.24. The molecule has 7 nitrogen and oxygen atoms in total. The van der Waals surface area contributed by atoms with Crippen LogP contribution in [0.1, 0.15) is 25.3 Å². The van der Waals surface area contributed by atoms with Gasteiger partial charge in [0.2, 0.25) is 5.91 Å². The van der Waals surface area contributed by atoms with Gasteiger partial charge in [-0.2, -0.15) is 0 Å². The summed E-state index contributed by atoms with van der Waals surface area (Å²) in [4.78, 5) is 12.8. The second-order valence-corrected chi connectivity index (χ2v) is 9.78. The van der Waals surface area contributed by atoms with E-state index in [9.17, 15) is 13.2 Å². The number of methoxy groups -OCH3 is 1. The monoisotopic (exact) mass is 482 g/mol. The van der Waals surface area contributed by atoms with E-state index >= 15 is 0 Å². The number of para-hydroxylation sites is 2. The van der Waals surface area contributed by atoms with Gasteiger partial charge in [0, 0.05) is 0 Å². The van der Waals surface area contributed by atoms with Gasteiger partial charge in [0.25, 0.3) is 10.0 Å². The van der Waals surface area contributed by atoms with Crippen molar-refractivity contribution in [1.29, 1.82) is 0 Å². The number of carbonyl (C=O) groups excluding carboxylic acids is 1. The molecule has 3 aromatic carbocycles. The van der Waals surface area contributed by atoms with E-state index in [1.165, 1.54) is 12.1 Å². The van der Waals surface area contributed by atoms with Crippen LogP contribution in [0.2, 0.25) is 0 Å². The largest absolute Gasteiger partial charge is 0.493 e. The number of nitrogens with one attached hydrogen (secondary N) is 1. The van der Waals surface area contributed by atoms with Gasteiger partial charge in [-0.05, 0) is 47.9 Å². The number of hydrogen-bond acceptors (Lipinski definition) is 5. The first-order valence-corrected chi connectivity index (χ1v) is 12.5. The van der Waals surface area contributed by atoms with Gasteiger partial charge in [0.05, 0.1) is 24.2 Å². The SMILES string of the molecule is COc1ccccc1OCCNC(=O)CN(c1ccc(C(C)C)cc1)S(=O)(=O)c1ccccc1. The van der Waals surface area contributed by atoms with E-state index in [-0.39, 0.29) is 24.6 Å². The molecule has 34 heavy (non-hydrogen) atoms. The maximum absolute atomic E-state index is 13.4. The number of benzene rings is 3. The van der Waals surface area contributed by atoms with Crippen molar-refractivity contribution in [3.05, 3.63) is 84.4 Å². The summed E-state index contributed by atoms with van der Waals surface area (Å²) < 4.78 is 38.8. The highest BCUT2D eigenvalue weighted by molar-refractivity contribution is 7.92. The fourth-order valence-corrected chi connectivity index (χ4v) is 4.78. The lowest BCUT2D eigenvalue weighted by atomic mass is 10.0. The van der Waals surface area contributed by atoms with Gasteiger partial charge in [0.1, 0.15) is 13.2 Å². The second kappa shape index (κ2) is 11.6. The number of sulfonamides is 1. The molecule has 0 atom stereocenters. The Morgan fingerprint density at radius 1 is 0.912 bits per heavy atom. The molecule has 0 aliphatic heterocycles. The Hall–Kier alpha value is -3.52. The second-order valence-electron chi connectivity index (χ2n) is 7.92. The fraction of sp³-hybridized carbons (Fsp3) is 0.269. The Morgan fingerprint density at radius 3 is 2.15 bits per heavy atom. The Bertz CT molecular complexity index is 1180. The van der Waals surface area contributed by atoms with Gasteiger partial charge >= 0.3 is 0 Å². The predicted molar refractivity (Wildman–Crippen MR) is 133 cm³/mol. The zero-order valence-corrected chi connectivity index (χ0v) is 20.4. The number of rotatable bonds is 11. The molecule has 0 fully saturated rings. The molecule has 0 unspecified atom stereocenters. The number of nitrogens with zero attached hydrogens (tertiary/aromatic N) is 1. The van der Waals surface area contributed by atoms with Crippen molar-refractivity contribution >= 4 is 21.6 Å². The van der Waals surface area contributed by atoms with Crippen LogP contribution in [0.4, 0.5) is 5.69 Å². The van der Waals surface area contributed by atoms with Gasteiger partial charge in [-0.15, -0.1) is 0 Å². The third kappa shape index (κ3) is 6.29. The highest BCUT2D eigenvalue weighted by Crippen LogP contribution is 2.26. The zero-order chi connectivity index (χ0) is 24.6. The van der Waals surface area contributed by atoms with Crippen LogP contribution in [0.15, 0.2) is 83.8 Å². The smallest absolute Gasteiger partial charge is 0.264 e. The van der Waals surface area contributed by atoms with Gasteiger partial charge in [-0.3, -0.25) is 9.10 Å². The molecule has 0 aliphatic carbocycles. The molecule has 1 amide bonds. The Labute approximate surface area is 201 Å². The summed E-state index contributed by atoms with van der Waals surface area (Å²) in [6.45, 7) is 4.19. The van der Waals surface area contributed by atoms with E-state index in [0.717, 1.165) is 9.87 Å². The summed E-state index contributed by atoms with van der Waals surface area (Å²) in [5, 5.41) is 2.73. The molecule has 0 radical (unpaired) electrons. The van der Waals surface area contributed by atoms with Crippen LogP contribution < -0.4 is 19.1 Å². The summed E-state index contributed by atoms with van der Waals surface area (Å²) in [6, 6.07) is 22.5. The lowest BCUT2D eigenvalue weighted by Crippen LogP contribution is -2.41. The number of anilines is 1. The molecule has 0 aliphatic rings. The van der Waals surface area contributed by atoms with Crippen molar-refractivity contribution in [3.8, 4) is 11.5 Å². The van der Waals surface area contributed by atoms with Gasteiger partial charge < -0.3 is 14.8 Å². The predicted octanol–water partition coefficient (Wildman–Crippen LogP) is 4.21. The molecular weight excluding hydrogens is 452 g/mol. The van der Waals surface area contributed by atoms with E-state index in [1.54, 1.807) is 49.6 Å². The molecule has 0 heterocycles. The normalized spacial score (nSPS) is 11.2. The molecule has 8 heteroatoms. The first-order chi connectivity index (χ1) is 16.3. The molecule has 0 aromatic heterocycles. The minimum Gasteiger partial charge on any atom is -0.493 e. The maximum Gasteiger partial charge on any atom is 0.264 e. The lowest BCUT2D eigenvalue weighted by molar-refractivity contribution is -0.119. The number of amides is 1. The van der Waals surface area contributed by atoms with E-state index in [2.05, 4.69) is 19.2 Å². The van der Waals surface area contributed by atoms with Gasteiger partial charge in [0.15, 0.2) is 11.5 Å². The third-order valence-corrected chi connectivity index (χ3v) is 7.01. The van der Waals surface area contributed by atoms with Gasteiger partial charge in [-0.1, -0.05) is 56.3 Å². The van der Waals surface area contributed by atoms with Crippen molar-refractivity contribution in [2.45, 2.75) is 24.7 Å². The summed E-state index contributed by atoms with van der Waals surface area (Å²) in [5.41, 5.74) is 1.51. The quantitative estimate of drug-likeness (QED) is 0.414. The zero-order valence-electron chi connectivity index (χ0n) is 19.6. The van der Waals surface area contributed by atoms with Crippen molar-refractivity contribution in [1.82, 2.24) is 5.32 Å². The molecule has 0 saturated heterocycles. The van der Waals surface area contributed by atoms with Crippen LogP contribution >= 0.6 is 0 Å². The standard InChI is InChI=1S/C26H30N2O5S/c1-20(2)21-13-15-22(16-14-21)28(34(30,31)23-9-5-4-6-10-23)19-26(29)27-17-18-33-25-12-8-7-11-24(25)32-3/h4-16,20H,17-19H2,1-3H3,(H,27,29). The average molecular weight is 483 g/mol. The first kappa shape index (κ1) is 25.1. The van der Waals surface area contributed by atoms with Crippen molar-refractivity contribution < 1.29 is 22.7 Å². The summed E-state index contributed by atoms with van der Waals surface area (Å²) >= 11 is 0. The van der Waals surface area contributed by atoms with E-state index in [4.69, 9.17) is 9.47 Å². The van der Waals surface area contributed by atoms with Crippen LogP contribution in [0, 0.1) is 0 Å². The van der Waals surface area contributed by atoms with Crippen LogP contribution in [0.3, 0.4) is 0 Å². The Kier molecular flexibility index (Phi) is 8.54. The van der Waals surface area contributed by atoms with Crippen LogP contribution in [0.25, 0.3) is 0 Å².